The zero-order valence-electron chi connectivity index (χ0n) is 15.7. The summed E-state index contributed by atoms with van der Waals surface area (Å²) >= 11 is 0. The lowest BCUT2D eigenvalue weighted by Crippen LogP contribution is -2.46. The highest BCUT2D eigenvalue weighted by Gasteiger charge is 2.23. The number of ether oxygens (including phenoxy) is 1. The summed E-state index contributed by atoms with van der Waals surface area (Å²) in [5.74, 6) is 0.860. The van der Waals surface area contributed by atoms with Crippen LogP contribution in [0, 0.1) is 6.92 Å². The van der Waals surface area contributed by atoms with Crippen LogP contribution in [0.15, 0.2) is 42.9 Å². The number of hydrogen-bond acceptors (Lipinski definition) is 5. The van der Waals surface area contributed by atoms with Crippen LogP contribution in [0.3, 0.4) is 0 Å². The molecule has 0 aromatic carbocycles. The molecule has 1 aliphatic rings. The molecule has 0 spiro atoms. The molecule has 144 valence electrons. The maximum Gasteiger partial charge on any atom is 0.317 e. The van der Waals surface area contributed by atoms with Crippen molar-refractivity contribution in [3.8, 4) is 0 Å². The number of piperidine rings is 1. The summed E-state index contributed by atoms with van der Waals surface area (Å²) in [5, 5.41) is 6.20. The minimum absolute atomic E-state index is 0.0137. The quantitative estimate of drug-likeness (QED) is 0.734. The highest BCUT2D eigenvalue weighted by Crippen LogP contribution is 2.15. The van der Waals surface area contributed by atoms with Gasteiger partial charge in [0.05, 0.1) is 12.7 Å². The Hall–Kier alpha value is -2.67. The van der Waals surface area contributed by atoms with Gasteiger partial charge in [0.2, 0.25) is 0 Å². The monoisotopic (exact) mass is 369 g/mol. The minimum atomic E-state index is -0.0137. The van der Waals surface area contributed by atoms with Crippen molar-refractivity contribution in [3.63, 3.8) is 0 Å². The van der Waals surface area contributed by atoms with Gasteiger partial charge in [-0.15, -0.1) is 0 Å². The lowest BCUT2D eigenvalue weighted by Gasteiger charge is -2.32. The van der Waals surface area contributed by atoms with E-state index in [2.05, 4.69) is 20.6 Å². The van der Waals surface area contributed by atoms with Gasteiger partial charge in [-0.05, 0) is 43.0 Å². The van der Waals surface area contributed by atoms with E-state index in [1.54, 1.807) is 12.4 Å². The van der Waals surface area contributed by atoms with Gasteiger partial charge < -0.3 is 20.3 Å². The van der Waals surface area contributed by atoms with Gasteiger partial charge in [-0.2, -0.15) is 0 Å². The van der Waals surface area contributed by atoms with E-state index in [1.807, 2.05) is 42.3 Å². The summed E-state index contributed by atoms with van der Waals surface area (Å²) in [4.78, 5) is 22.5. The Morgan fingerprint density at radius 1 is 1.22 bits per heavy atom. The first-order valence-corrected chi connectivity index (χ1v) is 9.41. The molecular formula is C20H27N5O2. The van der Waals surface area contributed by atoms with E-state index >= 15 is 0 Å². The third-order valence-electron chi connectivity index (χ3n) is 4.64. The molecule has 3 rings (SSSR count). The molecule has 7 nitrogen and oxygen atoms in total. The van der Waals surface area contributed by atoms with Gasteiger partial charge in [0.15, 0.2) is 0 Å². The summed E-state index contributed by atoms with van der Waals surface area (Å²) < 4.78 is 5.94. The molecule has 27 heavy (non-hydrogen) atoms. The second kappa shape index (κ2) is 9.87. The van der Waals surface area contributed by atoms with Crippen LogP contribution in [0.2, 0.25) is 0 Å². The lowest BCUT2D eigenvalue weighted by molar-refractivity contribution is 0.00440. The molecule has 0 radical (unpaired) electrons. The number of aryl methyl sites for hydroxylation is 1. The van der Waals surface area contributed by atoms with Gasteiger partial charge in [0.1, 0.15) is 5.82 Å². The average molecular weight is 369 g/mol. The second-order valence-electron chi connectivity index (χ2n) is 6.69. The number of nitrogens with zero attached hydrogens (tertiary/aromatic N) is 3. The molecule has 0 unspecified atom stereocenters. The smallest absolute Gasteiger partial charge is 0.317 e. The molecule has 0 bridgehead atoms. The van der Waals surface area contributed by atoms with Crippen molar-refractivity contribution >= 4 is 11.8 Å². The van der Waals surface area contributed by atoms with Gasteiger partial charge in [0.25, 0.3) is 0 Å². The fourth-order valence-corrected chi connectivity index (χ4v) is 3.06. The summed E-state index contributed by atoms with van der Waals surface area (Å²) in [6.07, 6.45) is 7.26. The summed E-state index contributed by atoms with van der Waals surface area (Å²) in [5.41, 5.74) is 2.17. The number of carbonyl (C=O) groups is 1. The highest BCUT2D eigenvalue weighted by atomic mass is 16.5. The number of aromatic nitrogens is 2. The molecule has 2 N–H and O–H groups in total. The number of rotatable bonds is 7. The maximum absolute atomic E-state index is 12.3. The Morgan fingerprint density at radius 2 is 2.04 bits per heavy atom. The van der Waals surface area contributed by atoms with Crippen LogP contribution < -0.4 is 10.6 Å². The van der Waals surface area contributed by atoms with Gasteiger partial charge in [0, 0.05) is 44.8 Å². The first-order chi connectivity index (χ1) is 13.2. The van der Waals surface area contributed by atoms with Crippen LogP contribution in [-0.4, -0.2) is 53.2 Å². The van der Waals surface area contributed by atoms with E-state index in [0.717, 1.165) is 42.9 Å². The molecule has 1 aliphatic heterocycles. The number of likely N-dealkylation sites (tertiary alicyclic amines) is 1. The molecule has 0 aliphatic carbocycles. The van der Waals surface area contributed by atoms with Crippen LogP contribution in [-0.2, 0) is 11.3 Å². The predicted molar refractivity (Wildman–Crippen MR) is 104 cm³/mol. The SMILES string of the molecule is Cc1cccnc1NCCNC(=O)N1CCC(OCc2cccnc2)CC1. The Labute approximate surface area is 160 Å². The Kier molecular flexibility index (Phi) is 6.98. The van der Waals surface area contributed by atoms with Gasteiger partial charge in [-0.3, -0.25) is 4.98 Å². The second-order valence-corrected chi connectivity index (χ2v) is 6.69. The fourth-order valence-electron chi connectivity index (χ4n) is 3.06. The van der Waals surface area contributed by atoms with Crippen LogP contribution in [0.1, 0.15) is 24.0 Å². The number of carbonyl (C=O) groups excluding carboxylic acids is 1. The standard InChI is InChI=1S/C20H27N5O2/c1-16-4-2-9-22-19(16)23-10-11-24-20(26)25-12-6-18(7-13-25)27-15-17-5-3-8-21-14-17/h2-5,8-9,14,18H,6-7,10-13,15H2,1H3,(H,22,23)(H,24,26). The topological polar surface area (TPSA) is 79.4 Å². The molecule has 1 fully saturated rings. The van der Waals surface area contributed by atoms with Crippen molar-refractivity contribution < 1.29 is 9.53 Å². The average Bonchev–Trinajstić information content (AvgIpc) is 2.72. The fraction of sp³-hybridized carbons (Fsp3) is 0.450. The van der Waals surface area contributed by atoms with E-state index in [4.69, 9.17) is 4.74 Å². The first kappa shape index (κ1) is 19.1. The minimum Gasteiger partial charge on any atom is -0.373 e. The van der Waals surface area contributed by atoms with Crippen molar-refractivity contribution in [2.24, 2.45) is 0 Å². The maximum atomic E-state index is 12.3. The Bertz CT molecular complexity index is 717. The zero-order valence-corrected chi connectivity index (χ0v) is 15.7. The van der Waals surface area contributed by atoms with Crippen molar-refractivity contribution in [2.75, 3.05) is 31.5 Å². The van der Waals surface area contributed by atoms with E-state index in [0.29, 0.717) is 19.7 Å². The van der Waals surface area contributed by atoms with Gasteiger partial charge in [-0.25, -0.2) is 9.78 Å². The van der Waals surface area contributed by atoms with Crippen molar-refractivity contribution in [1.29, 1.82) is 0 Å². The molecular weight excluding hydrogens is 342 g/mol. The summed E-state index contributed by atoms with van der Waals surface area (Å²) in [7, 11) is 0. The van der Waals surface area contributed by atoms with Gasteiger partial charge in [-0.1, -0.05) is 12.1 Å². The Morgan fingerprint density at radius 3 is 2.78 bits per heavy atom. The van der Waals surface area contributed by atoms with E-state index in [-0.39, 0.29) is 12.1 Å². The highest BCUT2D eigenvalue weighted by molar-refractivity contribution is 5.74. The number of hydrogen-bond donors (Lipinski definition) is 2. The number of urea groups is 1. The molecule has 7 heteroatoms. The third-order valence-corrected chi connectivity index (χ3v) is 4.64. The molecule has 2 aromatic rings. The van der Waals surface area contributed by atoms with Crippen LogP contribution in [0.25, 0.3) is 0 Å². The van der Waals surface area contributed by atoms with Crippen LogP contribution in [0.4, 0.5) is 10.6 Å². The lowest BCUT2D eigenvalue weighted by atomic mass is 10.1. The van der Waals surface area contributed by atoms with Crippen molar-refractivity contribution in [1.82, 2.24) is 20.2 Å². The van der Waals surface area contributed by atoms with Crippen molar-refractivity contribution in [3.05, 3.63) is 54.0 Å². The Balaban J connectivity index is 1.31. The molecule has 0 saturated carbocycles. The zero-order chi connectivity index (χ0) is 18.9. The van der Waals surface area contributed by atoms with Gasteiger partial charge >= 0.3 is 6.03 Å². The molecule has 2 aromatic heterocycles. The number of anilines is 1. The largest absolute Gasteiger partial charge is 0.373 e. The summed E-state index contributed by atoms with van der Waals surface area (Å²) in [6.45, 7) is 5.23. The molecule has 1 saturated heterocycles. The normalized spacial score (nSPS) is 14.8. The van der Waals surface area contributed by atoms with Crippen LogP contribution >= 0.6 is 0 Å². The van der Waals surface area contributed by atoms with E-state index in [9.17, 15) is 4.79 Å². The van der Waals surface area contributed by atoms with E-state index in [1.165, 1.54) is 0 Å². The molecule has 3 heterocycles. The molecule has 2 amide bonds. The number of amides is 2. The number of nitrogens with one attached hydrogen (secondary N) is 2. The number of pyridine rings is 2. The van der Waals surface area contributed by atoms with Crippen LogP contribution in [0.5, 0.6) is 0 Å². The van der Waals surface area contributed by atoms with Crippen molar-refractivity contribution in [2.45, 2.75) is 32.5 Å². The predicted octanol–water partition coefficient (Wildman–Crippen LogP) is 2.59. The first-order valence-electron chi connectivity index (χ1n) is 9.41. The third kappa shape index (κ3) is 5.92. The molecule has 0 atom stereocenters. The summed E-state index contributed by atoms with van der Waals surface area (Å²) in [6, 6.07) is 7.83. The van der Waals surface area contributed by atoms with E-state index < -0.39 is 0 Å².